The van der Waals surface area contributed by atoms with Gasteiger partial charge in [0.15, 0.2) is 0 Å². The van der Waals surface area contributed by atoms with E-state index in [1.165, 1.54) is 48.0 Å². The van der Waals surface area contributed by atoms with Gasteiger partial charge in [-0.1, -0.05) is 35.9 Å². The van der Waals surface area contributed by atoms with Gasteiger partial charge in [0.1, 0.15) is 17.7 Å². The first-order valence-corrected chi connectivity index (χ1v) is 18.0. The maximum absolute atomic E-state index is 13.6. The number of hydrogen-bond donors (Lipinski definition) is 2. The number of likely N-dealkylation sites (tertiary alicyclic amines) is 1. The van der Waals surface area contributed by atoms with E-state index in [0.717, 1.165) is 54.1 Å². The van der Waals surface area contributed by atoms with E-state index >= 15 is 0 Å². The van der Waals surface area contributed by atoms with Crippen molar-refractivity contribution in [2.45, 2.75) is 38.1 Å². The number of nitrogens with one attached hydrogen (secondary N) is 2. The second-order valence-electron chi connectivity index (χ2n) is 13.1. The first kappa shape index (κ1) is 38.6. The number of anilines is 1. The highest BCUT2D eigenvalue weighted by molar-refractivity contribution is 6.26. The van der Waals surface area contributed by atoms with E-state index in [0.29, 0.717) is 26.4 Å². The molecule has 3 aromatic carbocycles. The molecule has 5 amide bonds. The zero-order chi connectivity index (χ0) is 38.0. The lowest BCUT2D eigenvalue weighted by atomic mass is 9.88. The summed E-state index contributed by atoms with van der Waals surface area (Å²) in [6.45, 7) is 4.53. The lowest BCUT2D eigenvalue weighted by Crippen LogP contribution is -2.54. The van der Waals surface area contributed by atoms with Crippen LogP contribution in [0.15, 0.2) is 72.3 Å². The topological polar surface area (TPSA) is 144 Å². The zero-order valence-electron chi connectivity index (χ0n) is 29.7. The molecule has 3 heterocycles. The van der Waals surface area contributed by atoms with Crippen molar-refractivity contribution < 1.29 is 47.0 Å². The second-order valence-corrected chi connectivity index (χ2v) is 13.1. The van der Waals surface area contributed by atoms with Crippen molar-refractivity contribution >= 4 is 40.8 Å². The van der Waals surface area contributed by atoms with Gasteiger partial charge in [0.25, 0.3) is 11.8 Å². The summed E-state index contributed by atoms with van der Waals surface area (Å²) in [6.07, 6.45) is 1.73. The Labute approximate surface area is 311 Å². The number of carbonyl (C=O) groups is 5. The molecule has 3 aliphatic rings. The number of rotatable bonds is 16. The maximum atomic E-state index is 13.6. The van der Waals surface area contributed by atoms with Crippen LogP contribution in [0.3, 0.4) is 0 Å². The van der Waals surface area contributed by atoms with Crippen LogP contribution in [0.2, 0.25) is 0 Å². The van der Waals surface area contributed by atoms with Crippen LogP contribution in [-0.4, -0.2) is 105 Å². The Morgan fingerprint density at radius 1 is 0.741 bits per heavy atom. The quantitative estimate of drug-likeness (QED) is 0.162. The summed E-state index contributed by atoms with van der Waals surface area (Å²) in [7, 11) is 0. The van der Waals surface area contributed by atoms with Gasteiger partial charge in [-0.05, 0) is 72.4 Å². The predicted octanol–water partition coefficient (Wildman–Crippen LogP) is 4.34. The Morgan fingerprint density at radius 3 is 1.94 bits per heavy atom. The number of ether oxygens (including phenoxy) is 3. The number of benzene rings is 3. The van der Waals surface area contributed by atoms with Crippen molar-refractivity contribution in [2.75, 3.05) is 64.6 Å². The third kappa shape index (κ3) is 9.49. The maximum Gasteiger partial charge on any atom is 0.264 e. The summed E-state index contributed by atoms with van der Waals surface area (Å²) in [5.41, 5.74) is 4.37. The van der Waals surface area contributed by atoms with Crippen LogP contribution in [-0.2, 0) is 28.6 Å². The van der Waals surface area contributed by atoms with Crippen LogP contribution in [0.25, 0.3) is 5.57 Å². The molecular formula is C40H42F2N4O8. The van der Waals surface area contributed by atoms with Crippen LogP contribution in [0, 0.1) is 11.6 Å². The smallest absolute Gasteiger partial charge is 0.264 e. The van der Waals surface area contributed by atoms with Gasteiger partial charge in [-0.25, -0.2) is 8.78 Å². The molecule has 2 saturated heterocycles. The number of fused-ring (bicyclic) bond motifs is 1. The monoisotopic (exact) mass is 744 g/mol. The highest BCUT2D eigenvalue weighted by atomic mass is 19.1. The minimum atomic E-state index is -1.10. The second kappa shape index (κ2) is 18.3. The number of imide groups is 2. The highest BCUT2D eigenvalue weighted by Gasteiger charge is 2.45. The third-order valence-electron chi connectivity index (χ3n) is 9.59. The van der Waals surface area contributed by atoms with Crippen molar-refractivity contribution in [3.05, 3.63) is 106 Å². The molecule has 1 unspecified atom stereocenters. The number of amides is 5. The summed E-state index contributed by atoms with van der Waals surface area (Å²) in [5.74, 6) is -3.53. The Hall–Kier alpha value is -5.15. The molecule has 2 fully saturated rings. The zero-order valence-corrected chi connectivity index (χ0v) is 29.7. The standard InChI is InChI=1S/C40H42F2N4O8/c41-29-8-4-26(5-9-29)36(27-6-10-30(42)11-7-27)28-14-17-45(18-15-28)19-21-53-23-25-54-24-22-52-20-16-35(48)43-32-3-1-2-31-37(32)40(51)46(39(31)50)33-12-13-34(47)44-38(33)49/h1-11,33H,12-25H2,(H,43,48)(H,44,47,49). The Morgan fingerprint density at radius 2 is 1.33 bits per heavy atom. The normalized spacial score (nSPS) is 17.5. The van der Waals surface area contributed by atoms with Crippen molar-refractivity contribution in [1.82, 2.24) is 15.1 Å². The van der Waals surface area contributed by atoms with Crippen molar-refractivity contribution in [3.8, 4) is 0 Å². The Balaban J connectivity index is 0.837. The molecule has 284 valence electrons. The molecule has 0 saturated carbocycles. The fraction of sp³-hybridized carbons (Fsp3) is 0.375. The average Bonchev–Trinajstić information content (AvgIpc) is 3.42. The lowest BCUT2D eigenvalue weighted by molar-refractivity contribution is -0.136. The number of halogens is 2. The molecule has 2 N–H and O–H groups in total. The Kier molecular flexibility index (Phi) is 13.0. The third-order valence-corrected chi connectivity index (χ3v) is 9.59. The Bertz CT molecular complexity index is 1840. The van der Waals surface area contributed by atoms with Gasteiger partial charge in [-0.2, -0.15) is 0 Å². The van der Waals surface area contributed by atoms with E-state index in [1.54, 1.807) is 24.3 Å². The van der Waals surface area contributed by atoms with Gasteiger partial charge >= 0.3 is 0 Å². The molecule has 54 heavy (non-hydrogen) atoms. The average molecular weight is 745 g/mol. The van der Waals surface area contributed by atoms with Gasteiger partial charge in [0.2, 0.25) is 17.7 Å². The summed E-state index contributed by atoms with van der Waals surface area (Å²) in [5, 5.41) is 4.82. The summed E-state index contributed by atoms with van der Waals surface area (Å²) in [6, 6.07) is 16.3. The number of hydrogen-bond acceptors (Lipinski definition) is 9. The first-order chi connectivity index (χ1) is 26.2. The van der Waals surface area contributed by atoms with E-state index < -0.39 is 35.6 Å². The van der Waals surface area contributed by atoms with Crippen molar-refractivity contribution in [2.24, 2.45) is 0 Å². The molecule has 3 aliphatic heterocycles. The molecule has 12 nitrogen and oxygen atoms in total. The van der Waals surface area contributed by atoms with Gasteiger partial charge < -0.3 is 24.4 Å². The molecule has 0 radical (unpaired) electrons. The molecule has 6 rings (SSSR count). The van der Waals surface area contributed by atoms with E-state index in [1.807, 2.05) is 0 Å². The van der Waals surface area contributed by atoms with Crippen LogP contribution in [0.4, 0.5) is 14.5 Å². The van der Waals surface area contributed by atoms with E-state index in [-0.39, 0.29) is 60.9 Å². The summed E-state index contributed by atoms with van der Waals surface area (Å²) in [4.78, 5) is 65.9. The number of piperidine rings is 2. The molecule has 0 aliphatic carbocycles. The molecule has 0 spiro atoms. The molecule has 14 heteroatoms. The van der Waals surface area contributed by atoms with E-state index in [2.05, 4.69) is 15.5 Å². The van der Waals surface area contributed by atoms with Crippen LogP contribution in [0.1, 0.15) is 63.9 Å². The fourth-order valence-electron chi connectivity index (χ4n) is 6.84. The number of carbonyl (C=O) groups excluding carboxylic acids is 5. The fourth-order valence-corrected chi connectivity index (χ4v) is 6.84. The number of nitrogens with zero attached hydrogens (tertiary/aromatic N) is 2. The SMILES string of the molecule is O=C1CCC(N2C(=O)c3cccc(NC(=O)CCOCCOCCOCCN4CCC(=C(c5ccc(F)cc5)c5ccc(F)cc5)CC4)c3C2=O)C(=O)N1. The largest absolute Gasteiger partial charge is 0.379 e. The summed E-state index contributed by atoms with van der Waals surface area (Å²) < 4.78 is 44.1. The van der Waals surface area contributed by atoms with Crippen LogP contribution < -0.4 is 10.6 Å². The highest BCUT2D eigenvalue weighted by Crippen LogP contribution is 2.34. The van der Waals surface area contributed by atoms with Gasteiger partial charge in [-0.15, -0.1) is 0 Å². The van der Waals surface area contributed by atoms with E-state index in [9.17, 15) is 32.8 Å². The van der Waals surface area contributed by atoms with Crippen LogP contribution >= 0.6 is 0 Å². The van der Waals surface area contributed by atoms with Gasteiger partial charge in [0.05, 0.1) is 62.9 Å². The predicted molar refractivity (Wildman–Crippen MR) is 193 cm³/mol. The molecule has 0 bridgehead atoms. The summed E-state index contributed by atoms with van der Waals surface area (Å²) >= 11 is 0. The lowest BCUT2D eigenvalue weighted by Gasteiger charge is -2.30. The van der Waals surface area contributed by atoms with Gasteiger partial charge in [-0.3, -0.25) is 34.2 Å². The van der Waals surface area contributed by atoms with Crippen molar-refractivity contribution in [3.63, 3.8) is 0 Å². The molecule has 1 atom stereocenters. The van der Waals surface area contributed by atoms with Crippen molar-refractivity contribution in [1.29, 1.82) is 0 Å². The molecule has 3 aromatic rings. The first-order valence-electron chi connectivity index (χ1n) is 18.0. The minimum absolute atomic E-state index is 0.000649. The van der Waals surface area contributed by atoms with Crippen LogP contribution in [0.5, 0.6) is 0 Å². The van der Waals surface area contributed by atoms with Gasteiger partial charge in [0, 0.05) is 26.1 Å². The minimum Gasteiger partial charge on any atom is -0.379 e. The molecule has 0 aromatic heterocycles. The van der Waals surface area contributed by atoms with E-state index in [4.69, 9.17) is 14.2 Å². The molecular weight excluding hydrogens is 702 g/mol.